The van der Waals surface area contributed by atoms with Crippen molar-refractivity contribution in [1.82, 2.24) is 4.90 Å². The van der Waals surface area contributed by atoms with Crippen LogP contribution >= 0.6 is 0 Å². The van der Waals surface area contributed by atoms with Crippen molar-refractivity contribution in [2.24, 2.45) is 0 Å². The molecule has 0 radical (unpaired) electrons. The number of hydrogen-bond donors (Lipinski definition) is 1. The molecule has 4 nitrogen and oxygen atoms in total. The number of piperidine rings is 1. The third-order valence-corrected chi connectivity index (χ3v) is 3.81. The first-order valence-corrected chi connectivity index (χ1v) is 7.29. The maximum atomic E-state index is 12.4. The van der Waals surface area contributed by atoms with E-state index in [1.165, 1.54) is 0 Å². The molecule has 1 aliphatic rings. The summed E-state index contributed by atoms with van der Waals surface area (Å²) in [7, 11) is 0. The number of aliphatic hydroxyl groups excluding tert-OH is 1. The molecular weight excluding hydrogens is 254 g/mol. The molecule has 1 heterocycles. The summed E-state index contributed by atoms with van der Waals surface area (Å²) in [4.78, 5) is 14.2. The van der Waals surface area contributed by atoms with Gasteiger partial charge in [0.05, 0.1) is 19.3 Å². The number of likely N-dealkylation sites (tertiary alicyclic amines) is 1. The van der Waals surface area contributed by atoms with Crippen molar-refractivity contribution in [3.63, 3.8) is 0 Å². The number of benzene rings is 1. The Bertz CT molecular complexity index is 421. The summed E-state index contributed by atoms with van der Waals surface area (Å²) in [5.74, 6) is -0.0142. The van der Waals surface area contributed by atoms with Gasteiger partial charge < -0.3 is 14.7 Å². The van der Waals surface area contributed by atoms with Gasteiger partial charge in [-0.25, -0.2) is 0 Å². The second-order valence-electron chi connectivity index (χ2n) is 5.30. The molecule has 2 unspecified atom stereocenters. The summed E-state index contributed by atoms with van der Waals surface area (Å²) in [5.41, 5.74) is 1.06. The number of amides is 1. The molecule has 0 aromatic heterocycles. The van der Waals surface area contributed by atoms with Crippen molar-refractivity contribution >= 4 is 5.91 Å². The lowest BCUT2D eigenvalue weighted by Crippen LogP contribution is -2.49. The molecule has 110 valence electrons. The third kappa shape index (κ3) is 3.81. The molecule has 4 heteroatoms. The largest absolute Gasteiger partial charge is 0.394 e. The average Bonchev–Trinajstić information content (AvgIpc) is 2.52. The van der Waals surface area contributed by atoms with Crippen LogP contribution in [0.15, 0.2) is 30.3 Å². The fourth-order valence-electron chi connectivity index (χ4n) is 2.58. The first-order valence-electron chi connectivity index (χ1n) is 7.29. The quantitative estimate of drug-likeness (QED) is 0.895. The predicted molar refractivity (Wildman–Crippen MR) is 77.1 cm³/mol. The van der Waals surface area contributed by atoms with Crippen LogP contribution in [-0.4, -0.2) is 41.2 Å². The second kappa shape index (κ2) is 7.41. The van der Waals surface area contributed by atoms with E-state index in [9.17, 15) is 9.90 Å². The Kier molecular flexibility index (Phi) is 5.56. The fourth-order valence-corrected chi connectivity index (χ4v) is 2.58. The van der Waals surface area contributed by atoms with Crippen LogP contribution in [0.5, 0.6) is 0 Å². The van der Waals surface area contributed by atoms with Crippen molar-refractivity contribution in [1.29, 1.82) is 0 Å². The first kappa shape index (κ1) is 15.0. The highest BCUT2D eigenvalue weighted by atomic mass is 16.5. The van der Waals surface area contributed by atoms with Gasteiger partial charge in [-0.1, -0.05) is 30.3 Å². The average molecular weight is 277 g/mol. The Morgan fingerprint density at radius 2 is 2.15 bits per heavy atom. The molecule has 1 N–H and O–H groups in total. The van der Waals surface area contributed by atoms with Gasteiger partial charge in [0.1, 0.15) is 6.10 Å². The van der Waals surface area contributed by atoms with E-state index in [-0.39, 0.29) is 18.6 Å². The summed E-state index contributed by atoms with van der Waals surface area (Å²) in [5, 5.41) is 9.37. The van der Waals surface area contributed by atoms with Gasteiger partial charge in [-0.3, -0.25) is 4.79 Å². The molecule has 1 aromatic carbocycles. The van der Waals surface area contributed by atoms with Crippen molar-refractivity contribution < 1.29 is 14.6 Å². The Morgan fingerprint density at radius 1 is 1.40 bits per heavy atom. The second-order valence-corrected chi connectivity index (χ2v) is 5.30. The first-order chi connectivity index (χ1) is 9.72. The lowest BCUT2D eigenvalue weighted by Gasteiger charge is -2.36. The van der Waals surface area contributed by atoms with Gasteiger partial charge >= 0.3 is 0 Å². The van der Waals surface area contributed by atoms with E-state index in [1.807, 2.05) is 30.3 Å². The molecule has 0 aliphatic carbocycles. The summed E-state index contributed by atoms with van der Waals surface area (Å²) >= 11 is 0. The van der Waals surface area contributed by atoms with Crippen molar-refractivity contribution in [2.75, 3.05) is 13.2 Å². The maximum Gasteiger partial charge on any atom is 0.251 e. The molecule has 1 aromatic rings. The van der Waals surface area contributed by atoms with E-state index in [2.05, 4.69) is 0 Å². The number of nitrogens with zero attached hydrogens (tertiary/aromatic N) is 1. The van der Waals surface area contributed by atoms with Crippen LogP contribution in [-0.2, 0) is 16.1 Å². The minimum absolute atomic E-state index is 0.0142. The van der Waals surface area contributed by atoms with E-state index >= 15 is 0 Å². The molecule has 0 bridgehead atoms. The molecule has 2 atom stereocenters. The third-order valence-electron chi connectivity index (χ3n) is 3.81. The van der Waals surface area contributed by atoms with Crippen LogP contribution < -0.4 is 0 Å². The van der Waals surface area contributed by atoms with E-state index in [4.69, 9.17) is 4.74 Å². The topological polar surface area (TPSA) is 49.8 Å². The van der Waals surface area contributed by atoms with Crippen LogP contribution in [0.1, 0.15) is 31.7 Å². The molecule has 1 saturated heterocycles. The molecule has 1 amide bonds. The number of rotatable bonds is 5. The minimum atomic E-state index is -0.470. The van der Waals surface area contributed by atoms with Crippen LogP contribution in [0.4, 0.5) is 0 Å². The zero-order valence-corrected chi connectivity index (χ0v) is 12.0. The standard InChI is InChI=1S/C16H23NO3/c1-13(20-12-14-7-3-2-4-8-14)16(19)17-10-6-5-9-15(17)11-18/h2-4,7-8,13,15,18H,5-6,9-12H2,1H3. The van der Waals surface area contributed by atoms with Gasteiger partial charge in [0, 0.05) is 6.54 Å². The lowest BCUT2D eigenvalue weighted by atomic mass is 10.0. The van der Waals surface area contributed by atoms with Crippen molar-refractivity contribution in [3.05, 3.63) is 35.9 Å². The molecule has 2 rings (SSSR count). The monoisotopic (exact) mass is 277 g/mol. The van der Waals surface area contributed by atoms with Crippen LogP contribution in [0.3, 0.4) is 0 Å². The zero-order chi connectivity index (χ0) is 14.4. The highest BCUT2D eigenvalue weighted by Crippen LogP contribution is 2.18. The van der Waals surface area contributed by atoms with E-state index in [0.29, 0.717) is 6.61 Å². The normalized spacial score (nSPS) is 20.7. The summed E-state index contributed by atoms with van der Waals surface area (Å²) < 4.78 is 5.66. The molecular formula is C16H23NO3. The lowest BCUT2D eigenvalue weighted by molar-refractivity contribution is -0.148. The summed E-state index contributed by atoms with van der Waals surface area (Å²) in [6.45, 7) is 2.99. The smallest absolute Gasteiger partial charge is 0.251 e. The van der Waals surface area contributed by atoms with E-state index in [1.54, 1.807) is 11.8 Å². The van der Waals surface area contributed by atoms with E-state index < -0.39 is 6.10 Å². The Labute approximate surface area is 120 Å². The molecule has 1 fully saturated rings. The van der Waals surface area contributed by atoms with Gasteiger partial charge in [0.2, 0.25) is 0 Å². The van der Waals surface area contributed by atoms with Gasteiger partial charge in [0.15, 0.2) is 0 Å². The highest BCUT2D eigenvalue weighted by Gasteiger charge is 2.29. The highest BCUT2D eigenvalue weighted by molar-refractivity contribution is 5.81. The number of aliphatic hydroxyl groups is 1. The Morgan fingerprint density at radius 3 is 2.85 bits per heavy atom. The molecule has 0 saturated carbocycles. The summed E-state index contributed by atoms with van der Waals surface area (Å²) in [6, 6.07) is 9.79. The number of carbonyl (C=O) groups is 1. The maximum absolute atomic E-state index is 12.4. The zero-order valence-electron chi connectivity index (χ0n) is 12.0. The van der Waals surface area contributed by atoms with Crippen molar-refractivity contribution in [3.8, 4) is 0 Å². The molecule has 0 spiro atoms. The van der Waals surface area contributed by atoms with Crippen LogP contribution in [0.25, 0.3) is 0 Å². The Hall–Kier alpha value is -1.39. The van der Waals surface area contributed by atoms with Gasteiger partial charge in [0.25, 0.3) is 5.91 Å². The molecule has 1 aliphatic heterocycles. The fraction of sp³-hybridized carbons (Fsp3) is 0.562. The Balaban J connectivity index is 1.87. The number of hydrogen-bond acceptors (Lipinski definition) is 3. The van der Waals surface area contributed by atoms with Gasteiger partial charge in [-0.15, -0.1) is 0 Å². The summed E-state index contributed by atoms with van der Waals surface area (Å²) in [6.07, 6.45) is 2.50. The predicted octanol–water partition coefficient (Wildman–Crippen LogP) is 1.97. The number of ether oxygens (including phenoxy) is 1. The van der Waals surface area contributed by atoms with Crippen molar-refractivity contribution in [2.45, 2.75) is 44.9 Å². The van der Waals surface area contributed by atoms with Crippen LogP contribution in [0, 0.1) is 0 Å². The SMILES string of the molecule is CC(OCc1ccccc1)C(=O)N1CCCCC1CO. The number of carbonyl (C=O) groups excluding carboxylic acids is 1. The van der Waals surface area contributed by atoms with Crippen LogP contribution in [0.2, 0.25) is 0 Å². The molecule has 20 heavy (non-hydrogen) atoms. The van der Waals surface area contributed by atoms with Gasteiger partial charge in [-0.2, -0.15) is 0 Å². The van der Waals surface area contributed by atoms with Gasteiger partial charge in [-0.05, 0) is 31.7 Å². The van der Waals surface area contributed by atoms with E-state index in [0.717, 1.165) is 31.4 Å². The minimum Gasteiger partial charge on any atom is -0.394 e.